The average molecular weight is 293 g/mol. The van der Waals surface area contributed by atoms with Crippen LogP contribution in [0.1, 0.15) is 57.2 Å². The van der Waals surface area contributed by atoms with Crippen LogP contribution in [0, 0.1) is 0 Å². The molecule has 3 rings (SSSR count). The Morgan fingerprint density at radius 1 is 1.30 bits per heavy atom. The van der Waals surface area contributed by atoms with Crippen LogP contribution in [0.3, 0.4) is 0 Å². The molecule has 1 N–H and O–H groups in total. The Bertz CT molecular complexity index is 462. The summed E-state index contributed by atoms with van der Waals surface area (Å²) in [6.07, 6.45) is 5.07. The van der Waals surface area contributed by atoms with Crippen molar-refractivity contribution < 1.29 is 0 Å². The van der Waals surface area contributed by atoms with Gasteiger partial charge in [0, 0.05) is 29.9 Å². The number of hydrogen-bond donors (Lipinski definition) is 1. The van der Waals surface area contributed by atoms with Gasteiger partial charge >= 0.3 is 0 Å². The van der Waals surface area contributed by atoms with Gasteiger partial charge in [0.2, 0.25) is 0 Å². The zero-order chi connectivity index (χ0) is 14.4. The first-order chi connectivity index (χ1) is 9.39. The number of nitrogens with one attached hydrogen (secondary N) is 1. The minimum absolute atomic E-state index is 0.141. The summed E-state index contributed by atoms with van der Waals surface area (Å²) in [6, 6.07) is 0.736. The Morgan fingerprint density at radius 3 is 2.45 bits per heavy atom. The van der Waals surface area contributed by atoms with Crippen molar-refractivity contribution in [3.63, 3.8) is 0 Å². The second-order valence-electron chi connectivity index (χ2n) is 7.59. The highest BCUT2D eigenvalue weighted by molar-refractivity contribution is 7.09. The monoisotopic (exact) mass is 293 g/mol. The van der Waals surface area contributed by atoms with Gasteiger partial charge in [0.15, 0.2) is 0 Å². The van der Waals surface area contributed by atoms with Gasteiger partial charge in [-0.15, -0.1) is 11.3 Å². The molecule has 1 saturated carbocycles. The molecule has 112 valence electrons. The van der Waals surface area contributed by atoms with Crippen molar-refractivity contribution in [1.82, 2.24) is 15.2 Å². The van der Waals surface area contributed by atoms with Crippen LogP contribution in [-0.2, 0) is 11.0 Å². The van der Waals surface area contributed by atoms with Crippen LogP contribution in [0.15, 0.2) is 5.38 Å². The summed E-state index contributed by atoms with van der Waals surface area (Å²) >= 11 is 1.86. The molecule has 0 unspecified atom stereocenters. The normalized spacial score (nSPS) is 24.0. The van der Waals surface area contributed by atoms with Crippen LogP contribution < -0.4 is 5.32 Å². The number of thiazole rings is 1. The Balaban J connectivity index is 1.86. The lowest BCUT2D eigenvalue weighted by atomic mass is 9.87. The summed E-state index contributed by atoms with van der Waals surface area (Å²) in [5.74, 6) is 0. The van der Waals surface area contributed by atoms with E-state index < -0.39 is 0 Å². The highest BCUT2D eigenvalue weighted by Crippen LogP contribution is 2.39. The molecule has 0 radical (unpaired) electrons. The molecule has 1 saturated heterocycles. The summed E-state index contributed by atoms with van der Waals surface area (Å²) in [7, 11) is 2.23. The first kappa shape index (κ1) is 14.5. The Labute approximate surface area is 126 Å². The fourth-order valence-corrected chi connectivity index (χ4v) is 4.15. The number of hydrogen-bond acceptors (Lipinski definition) is 4. The fourth-order valence-electron chi connectivity index (χ4n) is 2.88. The molecule has 4 heteroatoms. The van der Waals surface area contributed by atoms with Gasteiger partial charge in [-0.2, -0.15) is 0 Å². The van der Waals surface area contributed by atoms with Gasteiger partial charge in [0.25, 0.3) is 0 Å². The quantitative estimate of drug-likeness (QED) is 0.928. The molecular weight excluding hydrogens is 266 g/mol. The summed E-state index contributed by atoms with van der Waals surface area (Å²) in [6.45, 7) is 9.10. The van der Waals surface area contributed by atoms with E-state index in [-0.39, 0.29) is 11.0 Å². The van der Waals surface area contributed by atoms with Crippen LogP contribution in [0.2, 0.25) is 0 Å². The van der Waals surface area contributed by atoms with E-state index in [0.29, 0.717) is 0 Å². The molecule has 0 amide bonds. The number of nitrogens with zero attached hydrogens (tertiary/aromatic N) is 2. The van der Waals surface area contributed by atoms with E-state index in [1.807, 2.05) is 11.3 Å². The summed E-state index contributed by atoms with van der Waals surface area (Å²) < 4.78 is 0. The van der Waals surface area contributed by atoms with E-state index in [1.54, 1.807) is 0 Å². The van der Waals surface area contributed by atoms with Gasteiger partial charge in [-0.05, 0) is 32.7 Å². The lowest BCUT2D eigenvalue weighted by Gasteiger charge is -2.40. The Kier molecular flexibility index (Phi) is 3.68. The molecule has 1 aromatic heterocycles. The predicted molar refractivity (Wildman–Crippen MR) is 85.4 cm³/mol. The number of rotatable bonds is 3. The summed E-state index contributed by atoms with van der Waals surface area (Å²) in [5, 5.41) is 7.52. The molecule has 0 atom stereocenters. The van der Waals surface area contributed by atoms with E-state index >= 15 is 0 Å². The third-order valence-electron chi connectivity index (χ3n) is 4.58. The SMILES string of the molecule is CN1CCC(NC2CC2)(c2nc(C(C)(C)C)cs2)CC1. The van der Waals surface area contributed by atoms with Gasteiger partial charge in [0.05, 0.1) is 11.2 Å². The molecule has 0 aromatic carbocycles. The lowest BCUT2D eigenvalue weighted by molar-refractivity contribution is 0.154. The van der Waals surface area contributed by atoms with Crippen LogP contribution in [0.4, 0.5) is 0 Å². The van der Waals surface area contributed by atoms with Gasteiger partial charge in [0.1, 0.15) is 5.01 Å². The topological polar surface area (TPSA) is 28.2 Å². The largest absolute Gasteiger partial charge is 0.306 e. The molecule has 2 fully saturated rings. The van der Waals surface area contributed by atoms with E-state index in [2.05, 4.69) is 43.4 Å². The van der Waals surface area contributed by atoms with Gasteiger partial charge in [-0.3, -0.25) is 0 Å². The molecule has 2 heterocycles. The zero-order valence-electron chi connectivity index (χ0n) is 13.2. The molecule has 3 nitrogen and oxygen atoms in total. The van der Waals surface area contributed by atoms with Crippen molar-refractivity contribution in [2.24, 2.45) is 0 Å². The minimum atomic E-state index is 0.141. The van der Waals surface area contributed by atoms with E-state index in [9.17, 15) is 0 Å². The third-order valence-corrected chi connectivity index (χ3v) is 5.63. The van der Waals surface area contributed by atoms with E-state index in [4.69, 9.17) is 4.98 Å². The Hall–Kier alpha value is -0.450. The predicted octanol–water partition coefficient (Wildman–Crippen LogP) is 3.11. The molecular formula is C16H27N3S. The van der Waals surface area contributed by atoms with Crippen molar-refractivity contribution in [1.29, 1.82) is 0 Å². The summed E-state index contributed by atoms with van der Waals surface area (Å²) in [5.41, 5.74) is 1.54. The lowest BCUT2D eigenvalue weighted by Crippen LogP contribution is -2.51. The van der Waals surface area contributed by atoms with Crippen molar-refractivity contribution >= 4 is 11.3 Å². The maximum Gasteiger partial charge on any atom is 0.113 e. The van der Waals surface area contributed by atoms with Gasteiger partial charge in [-0.25, -0.2) is 4.98 Å². The van der Waals surface area contributed by atoms with Crippen molar-refractivity contribution in [2.75, 3.05) is 20.1 Å². The number of piperidine rings is 1. The molecule has 2 aliphatic rings. The second kappa shape index (κ2) is 5.08. The molecule has 1 aliphatic carbocycles. The number of likely N-dealkylation sites (tertiary alicyclic amines) is 1. The van der Waals surface area contributed by atoms with Gasteiger partial charge < -0.3 is 10.2 Å². The molecule has 20 heavy (non-hydrogen) atoms. The van der Waals surface area contributed by atoms with Crippen molar-refractivity contribution in [2.45, 2.75) is 63.5 Å². The van der Waals surface area contributed by atoms with Crippen LogP contribution in [0.25, 0.3) is 0 Å². The summed E-state index contributed by atoms with van der Waals surface area (Å²) in [4.78, 5) is 7.46. The van der Waals surface area contributed by atoms with E-state index in [1.165, 1.54) is 49.5 Å². The van der Waals surface area contributed by atoms with Crippen LogP contribution in [0.5, 0.6) is 0 Å². The molecule has 0 spiro atoms. The maximum absolute atomic E-state index is 5.02. The average Bonchev–Trinajstić information content (AvgIpc) is 3.03. The first-order valence-electron chi connectivity index (χ1n) is 7.82. The highest BCUT2D eigenvalue weighted by Gasteiger charge is 2.42. The standard InChI is InChI=1S/C16H27N3S/c1-15(2,3)13-11-20-14(17-13)16(18-12-5-6-12)7-9-19(4)10-8-16/h11-12,18H,5-10H2,1-4H3. The molecule has 1 aromatic rings. The third kappa shape index (κ3) is 2.92. The van der Waals surface area contributed by atoms with Crippen LogP contribution in [-0.4, -0.2) is 36.1 Å². The van der Waals surface area contributed by atoms with Crippen molar-refractivity contribution in [3.05, 3.63) is 16.1 Å². The smallest absolute Gasteiger partial charge is 0.113 e. The zero-order valence-corrected chi connectivity index (χ0v) is 14.0. The highest BCUT2D eigenvalue weighted by atomic mass is 32.1. The molecule has 0 bridgehead atoms. The fraction of sp³-hybridized carbons (Fsp3) is 0.812. The van der Waals surface area contributed by atoms with Crippen molar-refractivity contribution in [3.8, 4) is 0 Å². The molecule has 1 aliphatic heterocycles. The van der Waals surface area contributed by atoms with Gasteiger partial charge in [-0.1, -0.05) is 20.8 Å². The second-order valence-corrected chi connectivity index (χ2v) is 8.45. The van der Waals surface area contributed by atoms with Crippen LogP contribution >= 0.6 is 11.3 Å². The maximum atomic E-state index is 5.02. The minimum Gasteiger partial charge on any atom is -0.306 e. The Morgan fingerprint density at radius 2 is 1.95 bits per heavy atom. The number of aromatic nitrogens is 1. The van der Waals surface area contributed by atoms with E-state index in [0.717, 1.165) is 6.04 Å². The first-order valence-corrected chi connectivity index (χ1v) is 8.70.